The first-order chi connectivity index (χ1) is 10.7. The van der Waals surface area contributed by atoms with Gasteiger partial charge in [-0.1, -0.05) is 37.3 Å². The van der Waals surface area contributed by atoms with Gasteiger partial charge < -0.3 is 5.32 Å². The average Bonchev–Trinajstić information content (AvgIpc) is 2.83. The van der Waals surface area contributed by atoms with Gasteiger partial charge in [0, 0.05) is 5.69 Å². The molecular formula is C17H16N2O2S. The van der Waals surface area contributed by atoms with Crippen LogP contribution in [0.4, 0.5) is 16.2 Å². The van der Waals surface area contributed by atoms with Crippen molar-refractivity contribution < 1.29 is 9.59 Å². The highest BCUT2D eigenvalue weighted by Crippen LogP contribution is 2.32. The Labute approximate surface area is 133 Å². The minimum absolute atomic E-state index is 0.235. The summed E-state index contributed by atoms with van der Waals surface area (Å²) in [7, 11) is 0. The maximum absolute atomic E-state index is 12.5. The van der Waals surface area contributed by atoms with Crippen LogP contribution in [0.15, 0.2) is 54.6 Å². The third-order valence-electron chi connectivity index (χ3n) is 3.52. The lowest BCUT2D eigenvalue weighted by atomic mass is 10.1. The standard InChI is InChI=1S/C17H16N2O2S/c1-2-12-8-10-13(11-9-12)18-15-16(20)19(17(21)22-15)14-6-4-3-5-7-14/h3-11,15,18H,2H2,1H3/t15-/m1/s1. The van der Waals surface area contributed by atoms with E-state index < -0.39 is 5.37 Å². The number of benzene rings is 2. The number of nitrogens with zero attached hydrogens (tertiary/aromatic N) is 1. The lowest BCUT2D eigenvalue weighted by Gasteiger charge is -2.14. The van der Waals surface area contributed by atoms with Crippen LogP contribution < -0.4 is 10.2 Å². The molecule has 1 N–H and O–H groups in total. The number of nitrogens with one attached hydrogen (secondary N) is 1. The molecule has 0 radical (unpaired) electrons. The summed E-state index contributed by atoms with van der Waals surface area (Å²) in [6.07, 6.45) is 0.970. The SMILES string of the molecule is CCc1ccc(N[C@@H]2SC(=O)N(c3ccccc3)C2=O)cc1. The highest BCUT2D eigenvalue weighted by atomic mass is 32.2. The molecule has 3 rings (SSSR count). The van der Waals surface area contributed by atoms with Crippen LogP contribution in [0.25, 0.3) is 0 Å². The molecule has 0 aliphatic carbocycles. The smallest absolute Gasteiger partial charge is 0.295 e. The summed E-state index contributed by atoms with van der Waals surface area (Å²) in [5, 5.41) is 2.29. The molecule has 2 aromatic rings. The Morgan fingerprint density at radius 1 is 1.05 bits per heavy atom. The molecular weight excluding hydrogens is 296 g/mol. The predicted molar refractivity (Wildman–Crippen MR) is 90.1 cm³/mol. The van der Waals surface area contributed by atoms with Crippen molar-refractivity contribution in [3.63, 3.8) is 0 Å². The largest absolute Gasteiger partial charge is 0.365 e. The summed E-state index contributed by atoms with van der Waals surface area (Å²) in [5.74, 6) is -0.235. The van der Waals surface area contributed by atoms with Crippen molar-refractivity contribution in [2.75, 3.05) is 10.2 Å². The number of hydrogen-bond donors (Lipinski definition) is 1. The van der Waals surface area contributed by atoms with Crippen molar-refractivity contribution in [3.8, 4) is 0 Å². The Hall–Kier alpha value is -2.27. The lowest BCUT2D eigenvalue weighted by Crippen LogP contribution is -2.34. The molecule has 0 bridgehead atoms. The first kappa shape index (κ1) is 14.7. The van der Waals surface area contributed by atoms with Crippen LogP contribution in [-0.4, -0.2) is 16.5 Å². The number of imide groups is 1. The maximum atomic E-state index is 12.5. The van der Waals surface area contributed by atoms with E-state index in [4.69, 9.17) is 0 Å². The third-order valence-corrected chi connectivity index (χ3v) is 4.46. The molecule has 1 atom stereocenters. The fourth-order valence-electron chi connectivity index (χ4n) is 2.30. The van der Waals surface area contributed by atoms with Crippen LogP contribution in [0.3, 0.4) is 0 Å². The second-order valence-corrected chi connectivity index (χ2v) is 6.02. The monoisotopic (exact) mass is 312 g/mol. The van der Waals surface area contributed by atoms with Gasteiger partial charge in [0.1, 0.15) is 0 Å². The van der Waals surface area contributed by atoms with Crippen molar-refractivity contribution in [1.29, 1.82) is 0 Å². The zero-order valence-corrected chi connectivity index (χ0v) is 13.0. The normalized spacial score (nSPS) is 17.9. The summed E-state index contributed by atoms with van der Waals surface area (Å²) in [6, 6.07) is 16.9. The van der Waals surface area contributed by atoms with E-state index in [1.54, 1.807) is 12.1 Å². The molecule has 4 nitrogen and oxygen atoms in total. The Balaban J connectivity index is 1.76. The van der Waals surface area contributed by atoms with Gasteiger partial charge in [-0.2, -0.15) is 0 Å². The predicted octanol–water partition coefficient (Wildman–Crippen LogP) is 3.89. The number of thioether (sulfide) groups is 1. The third kappa shape index (κ3) is 2.85. The van der Waals surface area contributed by atoms with Crippen molar-refractivity contribution in [3.05, 3.63) is 60.2 Å². The van der Waals surface area contributed by atoms with Crippen molar-refractivity contribution in [2.45, 2.75) is 18.7 Å². The minimum Gasteiger partial charge on any atom is -0.365 e. The highest BCUT2D eigenvalue weighted by Gasteiger charge is 2.40. The number of amides is 2. The van der Waals surface area contributed by atoms with Crippen LogP contribution in [-0.2, 0) is 11.2 Å². The van der Waals surface area contributed by atoms with E-state index in [2.05, 4.69) is 12.2 Å². The minimum atomic E-state index is -0.583. The fourth-order valence-corrected chi connectivity index (χ4v) is 3.20. The van der Waals surface area contributed by atoms with E-state index in [9.17, 15) is 9.59 Å². The van der Waals surface area contributed by atoms with Crippen molar-refractivity contribution in [1.82, 2.24) is 0 Å². The summed E-state index contributed by atoms with van der Waals surface area (Å²) in [6.45, 7) is 2.09. The van der Waals surface area contributed by atoms with Gasteiger partial charge >= 0.3 is 0 Å². The van der Waals surface area contributed by atoms with Crippen LogP contribution in [0.1, 0.15) is 12.5 Å². The number of carbonyl (C=O) groups is 2. The molecule has 1 heterocycles. The zero-order valence-electron chi connectivity index (χ0n) is 12.2. The molecule has 5 heteroatoms. The number of para-hydroxylation sites is 1. The molecule has 1 aliphatic heterocycles. The highest BCUT2D eigenvalue weighted by molar-refractivity contribution is 8.16. The van der Waals surface area contributed by atoms with Gasteiger partial charge in [-0.15, -0.1) is 0 Å². The summed E-state index contributed by atoms with van der Waals surface area (Å²) >= 11 is 1.01. The van der Waals surface area contributed by atoms with Gasteiger partial charge in [0.25, 0.3) is 11.1 Å². The van der Waals surface area contributed by atoms with Crippen LogP contribution in [0.5, 0.6) is 0 Å². The molecule has 2 amide bonds. The van der Waals surface area contributed by atoms with E-state index in [0.29, 0.717) is 5.69 Å². The fraction of sp³-hybridized carbons (Fsp3) is 0.176. The molecule has 2 aromatic carbocycles. The van der Waals surface area contributed by atoms with E-state index in [-0.39, 0.29) is 11.1 Å². The number of rotatable bonds is 4. The Morgan fingerprint density at radius 2 is 1.73 bits per heavy atom. The van der Waals surface area contributed by atoms with E-state index in [1.807, 2.05) is 42.5 Å². The molecule has 22 heavy (non-hydrogen) atoms. The molecule has 0 saturated carbocycles. The summed E-state index contributed by atoms with van der Waals surface area (Å²) < 4.78 is 0. The summed E-state index contributed by atoms with van der Waals surface area (Å²) in [5.41, 5.74) is 2.68. The lowest BCUT2D eigenvalue weighted by molar-refractivity contribution is -0.116. The van der Waals surface area contributed by atoms with Gasteiger partial charge in [-0.25, -0.2) is 4.90 Å². The van der Waals surface area contributed by atoms with Gasteiger partial charge in [-0.05, 0) is 48.0 Å². The molecule has 1 fully saturated rings. The Kier molecular flexibility index (Phi) is 4.15. The van der Waals surface area contributed by atoms with Gasteiger partial charge in [0.15, 0.2) is 5.37 Å². The molecule has 1 saturated heterocycles. The van der Waals surface area contributed by atoms with Gasteiger partial charge in [0.05, 0.1) is 5.69 Å². The first-order valence-corrected chi connectivity index (χ1v) is 8.02. The summed E-state index contributed by atoms with van der Waals surface area (Å²) in [4.78, 5) is 25.8. The number of hydrogen-bond acceptors (Lipinski definition) is 4. The Morgan fingerprint density at radius 3 is 2.36 bits per heavy atom. The molecule has 0 spiro atoms. The zero-order chi connectivity index (χ0) is 15.5. The van der Waals surface area contributed by atoms with Crippen molar-refractivity contribution in [2.24, 2.45) is 0 Å². The topological polar surface area (TPSA) is 49.4 Å². The average molecular weight is 312 g/mol. The second-order valence-electron chi connectivity index (χ2n) is 4.97. The van der Waals surface area contributed by atoms with Crippen LogP contribution in [0, 0.1) is 0 Å². The van der Waals surface area contributed by atoms with E-state index in [1.165, 1.54) is 10.5 Å². The quantitative estimate of drug-likeness (QED) is 0.930. The van der Waals surface area contributed by atoms with Gasteiger partial charge in [0.2, 0.25) is 0 Å². The van der Waals surface area contributed by atoms with E-state index in [0.717, 1.165) is 23.9 Å². The second kappa shape index (κ2) is 6.23. The van der Waals surface area contributed by atoms with Crippen molar-refractivity contribution >= 4 is 34.3 Å². The first-order valence-electron chi connectivity index (χ1n) is 7.14. The molecule has 112 valence electrons. The van der Waals surface area contributed by atoms with Crippen LogP contribution >= 0.6 is 11.8 Å². The van der Waals surface area contributed by atoms with E-state index >= 15 is 0 Å². The number of aryl methyl sites for hydroxylation is 1. The molecule has 0 unspecified atom stereocenters. The molecule has 0 aromatic heterocycles. The number of carbonyl (C=O) groups excluding carboxylic acids is 2. The van der Waals surface area contributed by atoms with Crippen LogP contribution in [0.2, 0.25) is 0 Å². The molecule has 1 aliphatic rings. The number of anilines is 2. The Bertz CT molecular complexity index is 686. The maximum Gasteiger partial charge on any atom is 0.295 e. The van der Waals surface area contributed by atoms with Gasteiger partial charge in [-0.3, -0.25) is 9.59 Å².